The second-order valence-electron chi connectivity index (χ2n) is 6.52. The normalized spacial score (nSPS) is 11.8. The lowest BCUT2D eigenvalue weighted by molar-refractivity contribution is 0.268. The maximum absolute atomic E-state index is 5.90. The lowest BCUT2D eigenvalue weighted by atomic mass is 10.1. The van der Waals surface area contributed by atoms with Crippen LogP contribution >= 0.6 is 0 Å². The lowest BCUT2D eigenvalue weighted by Gasteiger charge is -2.18. The Labute approximate surface area is 165 Å². The van der Waals surface area contributed by atoms with Crippen LogP contribution in [0.2, 0.25) is 0 Å². The van der Waals surface area contributed by atoms with E-state index in [9.17, 15) is 0 Å². The molecule has 7 heteroatoms. The van der Waals surface area contributed by atoms with E-state index < -0.39 is 0 Å². The smallest absolute Gasteiger partial charge is 0.248 e. The molecular formula is C21H27N5O2. The highest BCUT2D eigenvalue weighted by molar-refractivity contribution is 5.46. The van der Waals surface area contributed by atoms with E-state index in [1.165, 1.54) is 0 Å². The van der Waals surface area contributed by atoms with Gasteiger partial charge in [-0.25, -0.2) is 0 Å². The van der Waals surface area contributed by atoms with Gasteiger partial charge in [0.15, 0.2) is 11.5 Å². The molecule has 7 nitrogen and oxygen atoms in total. The highest BCUT2D eigenvalue weighted by atomic mass is 16.5. The van der Waals surface area contributed by atoms with Gasteiger partial charge in [0.2, 0.25) is 5.95 Å². The number of tetrazole rings is 1. The number of anilines is 1. The van der Waals surface area contributed by atoms with Gasteiger partial charge in [-0.15, -0.1) is 0 Å². The average Bonchev–Trinajstić information content (AvgIpc) is 3.19. The highest BCUT2D eigenvalue weighted by Gasteiger charge is 2.15. The van der Waals surface area contributed by atoms with Crippen molar-refractivity contribution in [3.63, 3.8) is 0 Å². The van der Waals surface area contributed by atoms with E-state index in [4.69, 9.17) is 9.47 Å². The van der Waals surface area contributed by atoms with Crippen molar-refractivity contribution >= 4 is 5.95 Å². The number of hydrogen-bond donors (Lipinski definition) is 1. The first-order valence-electron chi connectivity index (χ1n) is 9.72. The summed E-state index contributed by atoms with van der Waals surface area (Å²) >= 11 is 0. The molecule has 2 aromatic carbocycles. The van der Waals surface area contributed by atoms with Crippen LogP contribution in [0.3, 0.4) is 0 Å². The minimum Gasteiger partial charge on any atom is -0.490 e. The van der Waals surface area contributed by atoms with Gasteiger partial charge in [-0.3, -0.25) is 0 Å². The van der Waals surface area contributed by atoms with Crippen molar-refractivity contribution in [1.29, 1.82) is 0 Å². The molecule has 0 saturated heterocycles. The number of ether oxygens (including phenoxy) is 2. The fourth-order valence-electron chi connectivity index (χ4n) is 2.75. The first kappa shape index (κ1) is 19.7. The SMILES string of the molecule is CCCOc1ccc([C@@H](C)Nc2nnnn2-c2ccccc2)cc1OCCC. The van der Waals surface area contributed by atoms with E-state index in [1.807, 2.05) is 48.5 Å². The van der Waals surface area contributed by atoms with Gasteiger partial charge in [-0.2, -0.15) is 4.68 Å². The molecule has 28 heavy (non-hydrogen) atoms. The van der Waals surface area contributed by atoms with Gasteiger partial charge < -0.3 is 14.8 Å². The summed E-state index contributed by atoms with van der Waals surface area (Å²) in [7, 11) is 0. The zero-order chi connectivity index (χ0) is 19.8. The summed E-state index contributed by atoms with van der Waals surface area (Å²) in [6, 6.07) is 15.8. The van der Waals surface area contributed by atoms with E-state index >= 15 is 0 Å². The van der Waals surface area contributed by atoms with Crippen molar-refractivity contribution in [2.75, 3.05) is 18.5 Å². The van der Waals surface area contributed by atoms with Crippen LogP contribution in [-0.2, 0) is 0 Å². The van der Waals surface area contributed by atoms with Crippen molar-refractivity contribution in [3.8, 4) is 17.2 Å². The van der Waals surface area contributed by atoms with E-state index in [0.29, 0.717) is 19.2 Å². The van der Waals surface area contributed by atoms with Crippen molar-refractivity contribution in [3.05, 3.63) is 54.1 Å². The zero-order valence-electron chi connectivity index (χ0n) is 16.6. The quantitative estimate of drug-likeness (QED) is 0.561. The minimum atomic E-state index is -0.0161. The first-order valence-corrected chi connectivity index (χ1v) is 9.72. The van der Waals surface area contributed by atoms with E-state index in [-0.39, 0.29) is 6.04 Å². The fourth-order valence-corrected chi connectivity index (χ4v) is 2.75. The summed E-state index contributed by atoms with van der Waals surface area (Å²) < 4.78 is 13.4. The van der Waals surface area contributed by atoms with Crippen molar-refractivity contribution in [1.82, 2.24) is 20.2 Å². The predicted molar refractivity (Wildman–Crippen MR) is 109 cm³/mol. The Balaban J connectivity index is 1.79. The minimum absolute atomic E-state index is 0.0161. The van der Waals surface area contributed by atoms with Crippen LogP contribution in [0, 0.1) is 0 Å². The summed E-state index contributed by atoms with van der Waals surface area (Å²) in [6.07, 6.45) is 1.90. The van der Waals surface area contributed by atoms with Crippen LogP contribution in [-0.4, -0.2) is 33.4 Å². The van der Waals surface area contributed by atoms with Gasteiger partial charge >= 0.3 is 0 Å². The number of benzene rings is 2. The first-order chi connectivity index (χ1) is 13.7. The van der Waals surface area contributed by atoms with Crippen LogP contribution < -0.4 is 14.8 Å². The van der Waals surface area contributed by atoms with Gasteiger partial charge in [0.25, 0.3) is 0 Å². The molecule has 1 heterocycles. The molecule has 0 aliphatic carbocycles. The van der Waals surface area contributed by atoms with Crippen LogP contribution in [0.4, 0.5) is 5.95 Å². The van der Waals surface area contributed by atoms with Crippen LogP contribution in [0.25, 0.3) is 5.69 Å². The molecule has 0 aliphatic heterocycles. The van der Waals surface area contributed by atoms with Crippen molar-refractivity contribution in [2.24, 2.45) is 0 Å². The largest absolute Gasteiger partial charge is 0.490 e. The molecule has 1 atom stereocenters. The Bertz CT molecular complexity index is 866. The summed E-state index contributed by atoms with van der Waals surface area (Å²) in [5.74, 6) is 2.13. The molecule has 0 spiro atoms. The summed E-state index contributed by atoms with van der Waals surface area (Å²) in [5, 5.41) is 15.4. The predicted octanol–water partition coefficient (Wildman–Crippen LogP) is 4.41. The number of hydrogen-bond acceptors (Lipinski definition) is 6. The molecule has 0 fully saturated rings. The standard InChI is InChI=1S/C21H27N5O2/c1-4-13-27-19-12-11-17(15-20(19)28-14-5-2)16(3)22-21-23-24-25-26(21)18-9-7-6-8-10-18/h6-12,15-16H,4-5,13-14H2,1-3H3,(H,22,23,25)/t16-/m1/s1. The van der Waals surface area contributed by atoms with Gasteiger partial charge in [-0.1, -0.05) is 43.2 Å². The lowest BCUT2D eigenvalue weighted by Crippen LogP contribution is -2.12. The Kier molecular flexibility index (Phi) is 6.84. The van der Waals surface area contributed by atoms with Crippen molar-refractivity contribution in [2.45, 2.75) is 39.7 Å². The number of nitrogens with one attached hydrogen (secondary N) is 1. The summed E-state index contributed by atoms with van der Waals surface area (Å²) in [4.78, 5) is 0. The number of nitrogens with zero attached hydrogens (tertiary/aromatic N) is 4. The van der Waals surface area contributed by atoms with Gasteiger partial charge in [0.05, 0.1) is 24.9 Å². The highest BCUT2D eigenvalue weighted by Crippen LogP contribution is 2.32. The van der Waals surface area contributed by atoms with E-state index in [2.05, 4.69) is 41.6 Å². The Morgan fingerprint density at radius 3 is 2.39 bits per heavy atom. The van der Waals surface area contributed by atoms with Gasteiger partial charge in [-0.05, 0) is 60.0 Å². The number of rotatable bonds is 10. The van der Waals surface area contributed by atoms with Crippen LogP contribution in [0.15, 0.2) is 48.5 Å². The third kappa shape index (κ3) is 4.79. The number of para-hydroxylation sites is 1. The van der Waals surface area contributed by atoms with E-state index in [1.54, 1.807) is 4.68 Å². The molecule has 0 radical (unpaired) electrons. The Hall–Kier alpha value is -3.09. The molecule has 0 aliphatic rings. The molecule has 0 saturated carbocycles. The molecule has 3 rings (SSSR count). The number of aromatic nitrogens is 4. The molecular weight excluding hydrogens is 354 g/mol. The van der Waals surface area contributed by atoms with Gasteiger partial charge in [0.1, 0.15) is 0 Å². The molecule has 0 bridgehead atoms. The third-order valence-corrected chi connectivity index (χ3v) is 4.21. The maximum Gasteiger partial charge on any atom is 0.248 e. The fraction of sp³-hybridized carbons (Fsp3) is 0.381. The molecule has 3 aromatic rings. The molecule has 148 valence electrons. The van der Waals surface area contributed by atoms with E-state index in [0.717, 1.165) is 35.6 Å². The third-order valence-electron chi connectivity index (χ3n) is 4.21. The average molecular weight is 381 g/mol. The summed E-state index contributed by atoms with van der Waals surface area (Å²) in [5.41, 5.74) is 1.97. The maximum atomic E-state index is 5.90. The molecule has 0 unspecified atom stereocenters. The monoisotopic (exact) mass is 381 g/mol. The van der Waals surface area contributed by atoms with Crippen LogP contribution in [0.5, 0.6) is 11.5 Å². The molecule has 1 N–H and O–H groups in total. The molecule has 1 aromatic heterocycles. The Morgan fingerprint density at radius 2 is 1.68 bits per heavy atom. The van der Waals surface area contributed by atoms with Gasteiger partial charge in [0, 0.05) is 0 Å². The Morgan fingerprint density at radius 1 is 0.964 bits per heavy atom. The zero-order valence-corrected chi connectivity index (χ0v) is 16.6. The topological polar surface area (TPSA) is 74.1 Å². The van der Waals surface area contributed by atoms with Crippen molar-refractivity contribution < 1.29 is 9.47 Å². The second kappa shape index (κ2) is 9.73. The summed E-state index contributed by atoms with van der Waals surface area (Å²) in [6.45, 7) is 7.56. The second-order valence-corrected chi connectivity index (χ2v) is 6.52. The molecule has 0 amide bonds. The van der Waals surface area contributed by atoms with Crippen LogP contribution in [0.1, 0.15) is 45.2 Å².